The zero-order valence-corrected chi connectivity index (χ0v) is 47.3. The zero-order chi connectivity index (χ0) is 53.5. The number of rotatable bonds is 8. The molecule has 0 saturated carbocycles. The van der Waals surface area contributed by atoms with Crippen LogP contribution < -0.4 is 0 Å². The van der Waals surface area contributed by atoms with E-state index < -0.39 is 22.5 Å². The van der Waals surface area contributed by atoms with E-state index in [1.54, 1.807) is 18.6 Å². The van der Waals surface area contributed by atoms with Crippen molar-refractivity contribution in [3.8, 4) is 67.3 Å². The van der Waals surface area contributed by atoms with Crippen LogP contribution in [-0.4, -0.2) is 38.4 Å². The third kappa shape index (κ3) is 20.2. The Balaban J connectivity index is 0.000000348. The molecule has 0 amide bonds. The van der Waals surface area contributed by atoms with Crippen molar-refractivity contribution >= 4 is 10.1 Å². The van der Waals surface area contributed by atoms with Gasteiger partial charge >= 0.3 is 25.6 Å². The predicted molar refractivity (Wildman–Crippen MR) is 293 cm³/mol. The Kier molecular flexibility index (Phi) is 26.6. The van der Waals surface area contributed by atoms with Gasteiger partial charge < -0.3 is 34.4 Å². The Hall–Kier alpha value is -7.08. The van der Waals surface area contributed by atoms with Gasteiger partial charge in [-0.25, -0.2) is 8.42 Å². The molecule has 76 heavy (non-hydrogen) atoms. The van der Waals surface area contributed by atoms with Gasteiger partial charge in [0, 0.05) is 65.7 Å². The van der Waals surface area contributed by atoms with Crippen molar-refractivity contribution in [3.63, 3.8) is 0 Å². The van der Waals surface area contributed by atoms with Gasteiger partial charge in [-0.3, -0.25) is 4.98 Å². The van der Waals surface area contributed by atoms with E-state index in [1.807, 2.05) is 176 Å². The van der Waals surface area contributed by atoms with Crippen LogP contribution in [0, 0.1) is 33.1 Å². The van der Waals surface area contributed by atoms with Crippen LogP contribution in [0.5, 0.6) is 0 Å². The summed E-state index contributed by atoms with van der Waals surface area (Å²) in [4.78, 5) is 17.6. The summed E-state index contributed by atoms with van der Waals surface area (Å²) in [6.45, 7) is 0.166. The first kappa shape index (κ1) is 59.8. The van der Waals surface area contributed by atoms with E-state index in [0.717, 1.165) is 62.6 Å². The molecule has 6 aromatic carbocycles. The van der Waals surface area contributed by atoms with Crippen LogP contribution in [0.1, 0.15) is 29.0 Å². The Morgan fingerprint density at radius 1 is 0.487 bits per heavy atom. The second kappa shape index (κ2) is 33.8. The van der Waals surface area contributed by atoms with Crippen molar-refractivity contribution in [2.24, 2.45) is 0 Å². The molecule has 0 fully saturated rings. The number of aryl methyl sites for hydroxylation is 2. The van der Waals surface area contributed by atoms with Crippen LogP contribution in [0.25, 0.3) is 67.3 Å². The van der Waals surface area contributed by atoms with E-state index in [9.17, 15) is 13.2 Å². The Morgan fingerprint density at radius 3 is 1.17 bits per heavy atom. The molecular formula is C63H55F3Ir2N4O3S-3. The van der Waals surface area contributed by atoms with Gasteiger partial charge in [0.1, 0.15) is 0 Å². The maximum absolute atomic E-state index is 10.7. The van der Waals surface area contributed by atoms with Crippen molar-refractivity contribution in [2.75, 3.05) is 0 Å². The summed E-state index contributed by atoms with van der Waals surface area (Å²) in [7, 11) is -6.09. The number of nitrogens with zero attached hydrogens (tertiary/aromatic N) is 4. The molecule has 0 bridgehead atoms. The van der Waals surface area contributed by atoms with Crippen LogP contribution in [0.2, 0.25) is 0 Å². The van der Waals surface area contributed by atoms with Crippen LogP contribution in [0.15, 0.2) is 237 Å². The van der Waals surface area contributed by atoms with Crippen molar-refractivity contribution in [1.29, 1.82) is 0 Å². The molecule has 0 atom stereocenters. The third-order valence-electron chi connectivity index (χ3n) is 10.4. The summed E-state index contributed by atoms with van der Waals surface area (Å²) in [5, 5.41) is 0. The summed E-state index contributed by atoms with van der Waals surface area (Å²) in [6.07, 6.45) is 8.35. The maximum atomic E-state index is 10.7. The van der Waals surface area contributed by atoms with Crippen LogP contribution in [0.3, 0.4) is 0 Å². The fourth-order valence-electron chi connectivity index (χ4n) is 6.80. The monoisotopic (exact) mass is 1390 g/mol. The van der Waals surface area contributed by atoms with Gasteiger partial charge in [0.2, 0.25) is 0 Å². The van der Waals surface area contributed by atoms with Crippen LogP contribution in [0.4, 0.5) is 13.2 Å². The number of halogens is 3. The summed E-state index contributed by atoms with van der Waals surface area (Å²) in [6, 6.07) is 78.9. The summed E-state index contributed by atoms with van der Waals surface area (Å²) in [5.41, 5.74) is 8.60. The minimum atomic E-state index is -6.09. The standard InChI is InChI=1S/C19H17N.C19H16N.2C11H8N.CHF3O3S.2CH3.2Ir/c2*1-2-15-13-19(17-11-7-4-8-12-17)20-14-18(15)16-9-5-3-6-10-16;2*1-2-6-10(7-3-1)11-8-4-5-9-12-11;2-1(3,4)8(5,6)7;;;;/h3-14H,2H2,1H3;3-11,13-14H,2H2,1H3;2*1-6,8-9H;(H,5,6,7);2*1H3;;/q;3*-1;;2*-1;;+3/p-1/i;1D3;;;;;;;. The second-order valence-electron chi connectivity index (χ2n) is 15.2. The smallest absolute Gasteiger partial charge is 0.741 e. The fraction of sp³-hybridized carbons (Fsp3) is 0.0794. The molecule has 0 spiro atoms. The van der Waals surface area contributed by atoms with E-state index in [0.29, 0.717) is 0 Å². The number of benzene rings is 6. The normalized spacial score (nSPS) is 10.8. The molecule has 4 aromatic heterocycles. The molecule has 10 aromatic rings. The van der Waals surface area contributed by atoms with E-state index in [4.69, 9.17) is 17.1 Å². The number of hydrogen-bond donors (Lipinski definition) is 0. The second-order valence-corrected chi connectivity index (χ2v) is 16.6. The topological polar surface area (TPSA) is 109 Å². The summed E-state index contributed by atoms with van der Waals surface area (Å²) in [5.74, 6) is 0. The Bertz CT molecular complexity index is 3220. The van der Waals surface area contributed by atoms with Gasteiger partial charge in [-0.2, -0.15) is 13.2 Å². The van der Waals surface area contributed by atoms with E-state index in [2.05, 4.69) is 87.5 Å². The third-order valence-corrected chi connectivity index (χ3v) is 10.9. The molecule has 4 heterocycles. The molecule has 7 nitrogen and oxygen atoms in total. The number of hydrogen-bond acceptors (Lipinski definition) is 7. The minimum absolute atomic E-state index is 0. The molecule has 1 radical (unpaired) electrons. The number of pyridine rings is 4. The molecular weight excluding hydrogens is 1330 g/mol. The molecule has 0 aliphatic rings. The molecule has 0 unspecified atom stereocenters. The van der Waals surface area contributed by atoms with Gasteiger partial charge in [0.25, 0.3) is 0 Å². The molecule has 13 heteroatoms. The van der Waals surface area contributed by atoms with E-state index >= 15 is 0 Å². The molecule has 0 N–H and O–H groups in total. The Labute approximate surface area is 478 Å². The van der Waals surface area contributed by atoms with Gasteiger partial charge in [0.05, 0.1) is 5.69 Å². The quantitative estimate of drug-likeness (QED) is 0.0847. The van der Waals surface area contributed by atoms with Crippen molar-refractivity contribution in [2.45, 2.75) is 32.1 Å². The van der Waals surface area contributed by atoms with Gasteiger partial charge in [-0.15, -0.1) is 108 Å². The van der Waals surface area contributed by atoms with E-state index in [-0.39, 0.29) is 61.5 Å². The van der Waals surface area contributed by atoms with Gasteiger partial charge in [-0.1, -0.05) is 135 Å². The first-order valence-corrected chi connectivity index (χ1v) is 23.9. The minimum Gasteiger partial charge on any atom is -0.741 e. The Morgan fingerprint density at radius 2 is 0.829 bits per heavy atom. The molecule has 0 aliphatic carbocycles. The first-order chi connectivity index (χ1) is 36.1. The first-order valence-electron chi connectivity index (χ1n) is 24.0. The average Bonchev–Trinajstić information content (AvgIpc) is 3.46. The molecule has 393 valence electrons. The number of aromatic nitrogens is 4. The molecule has 0 saturated heterocycles. The van der Waals surface area contributed by atoms with Gasteiger partial charge in [0.15, 0.2) is 10.1 Å². The van der Waals surface area contributed by atoms with Gasteiger partial charge in [-0.05, 0) is 70.4 Å². The van der Waals surface area contributed by atoms with Crippen LogP contribution in [-0.2, 0) is 63.2 Å². The maximum Gasteiger partial charge on any atom is 3.00 e. The van der Waals surface area contributed by atoms with Crippen molar-refractivity contribution in [3.05, 3.63) is 281 Å². The van der Waals surface area contributed by atoms with Crippen molar-refractivity contribution in [1.82, 2.24) is 19.9 Å². The number of alkyl halides is 3. The largest absolute Gasteiger partial charge is 3.00 e. The summed E-state index contributed by atoms with van der Waals surface area (Å²) < 4.78 is 81.7. The molecule has 10 rings (SSSR count). The van der Waals surface area contributed by atoms with E-state index in [1.165, 1.54) is 22.3 Å². The summed E-state index contributed by atoms with van der Waals surface area (Å²) >= 11 is 0. The average molecular weight is 1390 g/mol. The SMILES string of the molecule is CCc1cc(-c2ccccc2)ncc1-c1ccccc1.O=S(=O)([O-])C(F)(F)F.[2H]C([2H])([2H])Cc1cc(-c2[c-]cccc2)ncc1-c1ccccc1.[CH3-].[CH3-].[Ir+3].[Ir].[c-]1ccccc1-c1ccccn1.[c-]1ccccc1-c1ccccn1. The fourth-order valence-corrected chi connectivity index (χ4v) is 6.80. The van der Waals surface area contributed by atoms with Crippen LogP contribution >= 0.6 is 0 Å². The van der Waals surface area contributed by atoms with Crippen molar-refractivity contribution < 1.29 is 70.5 Å². The molecule has 0 aliphatic heterocycles. The zero-order valence-electron chi connectivity index (χ0n) is 44.7. The predicted octanol–water partition coefficient (Wildman–Crippen LogP) is 15.8.